The number of nitrogens with zero attached hydrogens (tertiary/aromatic N) is 1. The molecule has 6 heteroatoms. The molecule has 0 radical (unpaired) electrons. The van der Waals surface area contributed by atoms with Gasteiger partial charge < -0.3 is 14.8 Å². The van der Waals surface area contributed by atoms with Gasteiger partial charge in [0.25, 0.3) is 5.91 Å². The smallest absolute Gasteiger partial charge is 0.259 e. The molecule has 1 N–H and O–H groups in total. The third-order valence-corrected chi connectivity index (χ3v) is 4.88. The van der Waals surface area contributed by atoms with E-state index in [1.165, 1.54) is 12.0 Å². The fourth-order valence-electron chi connectivity index (χ4n) is 3.40. The van der Waals surface area contributed by atoms with Crippen molar-refractivity contribution in [2.45, 2.75) is 26.3 Å². The normalized spacial score (nSPS) is 15.5. The van der Waals surface area contributed by atoms with Gasteiger partial charge in [-0.15, -0.1) is 0 Å². The molecule has 2 aromatic rings. The lowest BCUT2D eigenvalue weighted by atomic mass is 10.0. The first-order valence-corrected chi connectivity index (χ1v) is 9.40. The predicted molar refractivity (Wildman–Crippen MR) is 108 cm³/mol. The van der Waals surface area contributed by atoms with E-state index in [4.69, 9.17) is 9.47 Å². The number of ether oxygens (including phenoxy) is 2. The number of hydrogen-bond acceptors (Lipinski definition) is 4. The topological polar surface area (TPSA) is 67.9 Å². The minimum Gasteiger partial charge on any atom is -0.493 e. The molecule has 0 saturated heterocycles. The van der Waals surface area contributed by atoms with E-state index in [1.54, 1.807) is 31.4 Å². The van der Waals surface area contributed by atoms with Gasteiger partial charge in [-0.2, -0.15) is 0 Å². The van der Waals surface area contributed by atoms with Crippen LogP contribution >= 0.6 is 0 Å². The number of methoxy groups -OCH3 is 2. The Morgan fingerprint density at radius 2 is 1.82 bits per heavy atom. The van der Waals surface area contributed by atoms with E-state index in [2.05, 4.69) is 19.2 Å². The third kappa shape index (κ3) is 3.67. The Hall–Kier alpha value is -3.02. The van der Waals surface area contributed by atoms with Crippen LogP contribution in [0.1, 0.15) is 42.2 Å². The van der Waals surface area contributed by atoms with E-state index in [-0.39, 0.29) is 11.8 Å². The number of fused-ring (bicyclic) bond motifs is 1. The Morgan fingerprint density at radius 1 is 1.11 bits per heavy atom. The first kappa shape index (κ1) is 19.7. The number of anilines is 1. The third-order valence-electron chi connectivity index (χ3n) is 4.88. The number of rotatable bonds is 7. The van der Waals surface area contributed by atoms with Gasteiger partial charge in [-0.25, -0.2) is 0 Å². The molecule has 1 atom stereocenters. The van der Waals surface area contributed by atoms with Crippen molar-refractivity contribution in [3.05, 3.63) is 53.6 Å². The van der Waals surface area contributed by atoms with Crippen molar-refractivity contribution in [2.24, 2.45) is 5.92 Å². The van der Waals surface area contributed by atoms with Gasteiger partial charge in [-0.3, -0.25) is 14.5 Å². The van der Waals surface area contributed by atoms with Gasteiger partial charge >= 0.3 is 0 Å². The fourth-order valence-corrected chi connectivity index (χ4v) is 3.40. The number of benzene rings is 2. The van der Waals surface area contributed by atoms with Gasteiger partial charge in [0.2, 0.25) is 5.91 Å². The average Bonchev–Trinajstić information content (AvgIpc) is 3.00. The van der Waals surface area contributed by atoms with Gasteiger partial charge in [0.15, 0.2) is 11.5 Å². The molecule has 1 unspecified atom stereocenters. The van der Waals surface area contributed by atoms with E-state index in [1.807, 2.05) is 18.2 Å². The van der Waals surface area contributed by atoms with E-state index < -0.39 is 6.04 Å². The Labute approximate surface area is 165 Å². The summed E-state index contributed by atoms with van der Waals surface area (Å²) >= 11 is 0. The minimum absolute atomic E-state index is 0.186. The van der Waals surface area contributed by atoms with Gasteiger partial charge in [-0.1, -0.05) is 32.0 Å². The van der Waals surface area contributed by atoms with Crippen LogP contribution in [-0.2, 0) is 4.79 Å². The largest absolute Gasteiger partial charge is 0.493 e. The molecule has 1 aliphatic heterocycles. The first-order valence-electron chi connectivity index (χ1n) is 9.40. The van der Waals surface area contributed by atoms with Crippen LogP contribution in [0.5, 0.6) is 11.5 Å². The number of amides is 2. The molecule has 0 saturated carbocycles. The summed E-state index contributed by atoms with van der Waals surface area (Å²) in [5.74, 6) is 1.16. The molecule has 6 nitrogen and oxygen atoms in total. The molecular weight excluding hydrogens is 356 g/mol. The van der Waals surface area contributed by atoms with Crippen LogP contribution in [0.15, 0.2) is 42.5 Å². The second-order valence-electron chi connectivity index (χ2n) is 7.18. The second kappa shape index (κ2) is 8.33. The zero-order valence-corrected chi connectivity index (χ0v) is 16.7. The van der Waals surface area contributed by atoms with Crippen LogP contribution in [0.3, 0.4) is 0 Å². The first-order chi connectivity index (χ1) is 13.5. The van der Waals surface area contributed by atoms with Crippen molar-refractivity contribution in [3.8, 4) is 11.5 Å². The molecule has 2 amide bonds. The molecule has 28 heavy (non-hydrogen) atoms. The lowest BCUT2D eigenvalue weighted by Crippen LogP contribution is -2.39. The Bertz CT molecular complexity index is 879. The molecule has 1 heterocycles. The number of nitrogens with one attached hydrogen (secondary N) is 1. The van der Waals surface area contributed by atoms with E-state index in [0.29, 0.717) is 40.8 Å². The van der Waals surface area contributed by atoms with Crippen LogP contribution < -0.4 is 19.7 Å². The SMILES string of the molecule is COc1ccc(N2C(=O)c3ccccc3C2C(=O)NCCC(C)C)cc1OC. The van der Waals surface area contributed by atoms with E-state index >= 15 is 0 Å². The summed E-state index contributed by atoms with van der Waals surface area (Å²) in [6.45, 7) is 4.79. The average molecular weight is 382 g/mol. The molecule has 3 rings (SSSR count). The molecular formula is C22H26N2O4. The minimum atomic E-state index is -0.714. The highest BCUT2D eigenvalue weighted by Crippen LogP contribution is 2.40. The summed E-state index contributed by atoms with van der Waals surface area (Å²) in [5.41, 5.74) is 1.84. The highest BCUT2D eigenvalue weighted by Gasteiger charge is 2.42. The van der Waals surface area contributed by atoms with Gasteiger partial charge in [0.05, 0.1) is 14.2 Å². The van der Waals surface area contributed by atoms with Crippen molar-refractivity contribution < 1.29 is 19.1 Å². The standard InChI is InChI=1S/C22H26N2O4/c1-14(2)11-12-23-21(25)20-16-7-5-6-8-17(16)22(26)24(20)15-9-10-18(27-3)19(13-15)28-4/h5-10,13-14,20H,11-12H2,1-4H3,(H,23,25). The molecule has 2 aromatic carbocycles. The summed E-state index contributed by atoms with van der Waals surface area (Å²) in [6, 6.07) is 11.7. The van der Waals surface area contributed by atoms with Crippen molar-refractivity contribution in [3.63, 3.8) is 0 Å². The maximum absolute atomic E-state index is 13.1. The summed E-state index contributed by atoms with van der Waals surface area (Å²) in [5, 5.41) is 2.98. The Kier molecular flexibility index (Phi) is 5.87. The molecule has 0 aliphatic carbocycles. The van der Waals surface area contributed by atoms with Crippen LogP contribution in [0.4, 0.5) is 5.69 Å². The quantitative estimate of drug-likeness (QED) is 0.795. The fraction of sp³-hybridized carbons (Fsp3) is 0.364. The van der Waals surface area contributed by atoms with E-state index in [9.17, 15) is 9.59 Å². The molecule has 0 fully saturated rings. The molecule has 1 aliphatic rings. The zero-order chi connectivity index (χ0) is 20.3. The van der Waals surface area contributed by atoms with Gasteiger partial charge in [0, 0.05) is 23.9 Å². The predicted octanol–water partition coefficient (Wildman–Crippen LogP) is 3.57. The lowest BCUT2D eigenvalue weighted by molar-refractivity contribution is -0.122. The van der Waals surface area contributed by atoms with Crippen molar-refractivity contribution in [2.75, 3.05) is 25.7 Å². The monoisotopic (exact) mass is 382 g/mol. The number of carbonyl (C=O) groups is 2. The molecule has 0 bridgehead atoms. The van der Waals surface area contributed by atoms with Crippen LogP contribution in [-0.4, -0.2) is 32.6 Å². The molecule has 0 aromatic heterocycles. The highest BCUT2D eigenvalue weighted by molar-refractivity contribution is 6.15. The Balaban J connectivity index is 1.98. The van der Waals surface area contributed by atoms with Crippen LogP contribution in [0.2, 0.25) is 0 Å². The zero-order valence-electron chi connectivity index (χ0n) is 16.7. The second-order valence-corrected chi connectivity index (χ2v) is 7.18. The van der Waals surface area contributed by atoms with Crippen molar-refractivity contribution >= 4 is 17.5 Å². The van der Waals surface area contributed by atoms with Crippen molar-refractivity contribution in [1.29, 1.82) is 0 Å². The summed E-state index contributed by atoms with van der Waals surface area (Å²) in [6.07, 6.45) is 0.879. The lowest BCUT2D eigenvalue weighted by Gasteiger charge is -2.25. The Morgan fingerprint density at radius 3 is 2.50 bits per heavy atom. The maximum atomic E-state index is 13.1. The molecule has 0 spiro atoms. The summed E-state index contributed by atoms with van der Waals surface area (Å²) in [7, 11) is 3.09. The number of hydrogen-bond donors (Lipinski definition) is 1. The number of carbonyl (C=O) groups excluding carboxylic acids is 2. The van der Waals surface area contributed by atoms with Gasteiger partial charge in [0.1, 0.15) is 6.04 Å². The van der Waals surface area contributed by atoms with Crippen molar-refractivity contribution in [1.82, 2.24) is 5.32 Å². The van der Waals surface area contributed by atoms with Gasteiger partial charge in [-0.05, 0) is 36.1 Å². The highest BCUT2D eigenvalue weighted by atomic mass is 16.5. The summed E-state index contributed by atoms with van der Waals surface area (Å²) < 4.78 is 10.7. The maximum Gasteiger partial charge on any atom is 0.259 e. The van der Waals surface area contributed by atoms with Crippen LogP contribution in [0, 0.1) is 5.92 Å². The summed E-state index contributed by atoms with van der Waals surface area (Å²) in [4.78, 5) is 27.7. The van der Waals surface area contributed by atoms with Crippen LogP contribution in [0.25, 0.3) is 0 Å². The van der Waals surface area contributed by atoms with E-state index in [0.717, 1.165) is 6.42 Å². The molecule has 148 valence electrons.